The summed E-state index contributed by atoms with van der Waals surface area (Å²) >= 11 is 0. The van der Waals surface area contributed by atoms with Crippen molar-refractivity contribution < 1.29 is 0 Å². The molecule has 1 aromatic rings. The molecule has 0 aromatic carbocycles. The van der Waals surface area contributed by atoms with E-state index in [0.29, 0.717) is 0 Å². The van der Waals surface area contributed by atoms with Gasteiger partial charge in [0.25, 0.3) is 0 Å². The van der Waals surface area contributed by atoms with E-state index in [1.807, 2.05) is 18.3 Å². The number of aromatic nitrogens is 1. The molecule has 13 heavy (non-hydrogen) atoms. The maximum absolute atomic E-state index is 4.36. The Hall–Kier alpha value is -1.15. The molecule has 0 spiro atoms. The van der Waals surface area contributed by atoms with Crippen LogP contribution in [0.25, 0.3) is 0 Å². The van der Waals surface area contributed by atoms with E-state index >= 15 is 0 Å². The monoisotopic (exact) mass is 174 g/mol. The van der Waals surface area contributed by atoms with Gasteiger partial charge >= 0.3 is 0 Å². The highest BCUT2D eigenvalue weighted by Crippen LogP contribution is 2.15. The molecule has 1 aliphatic rings. The zero-order valence-corrected chi connectivity index (χ0v) is 7.74. The molecular weight excluding hydrogens is 160 g/mol. The van der Waals surface area contributed by atoms with Crippen LogP contribution in [0.3, 0.4) is 0 Å². The molecule has 0 bridgehead atoms. The van der Waals surface area contributed by atoms with Crippen LogP contribution >= 0.6 is 0 Å². The van der Waals surface area contributed by atoms with Gasteiger partial charge < -0.3 is 0 Å². The first-order valence-electron chi connectivity index (χ1n) is 4.66. The third-order valence-corrected chi connectivity index (χ3v) is 2.43. The van der Waals surface area contributed by atoms with Crippen LogP contribution in [0.2, 0.25) is 0 Å². The fourth-order valence-electron chi connectivity index (χ4n) is 1.76. The molecular formula is C11H14N2. The van der Waals surface area contributed by atoms with Gasteiger partial charge in [-0.05, 0) is 11.6 Å². The maximum atomic E-state index is 4.36. The van der Waals surface area contributed by atoms with Gasteiger partial charge in [-0.1, -0.05) is 12.1 Å². The fraction of sp³-hybridized carbons (Fsp3) is 0.364. The molecule has 0 saturated heterocycles. The summed E-state index contributed by atoms with van der Waals surface area (Å²) in [7, 11) is 0. The zero-order chi connectivity index (χ0) is 9.10. The number of pyridine rings is 1. The van der Waals surface area contributed by atoms with Gasteiger partial charge in [0.05, 0.1) is 0 Å². The minimum absolute atomic E-state index is 0.980. The summed E-state index contributed by atoms with van der Waals surface area (Å²) in [5.74, 6) is 0. The fourth-order valence-corrected chi connectivity index (χ4v) is 1.76. The van der Waals surface area contributed by atoms with Crippen molar-refractivity contribution in [3.05, 3.63) is 42.2 Å². The standard InChI is InChI=1S/C11H14N2/c1-2-7-13-8-5-11-10(9-13)4-3-6-12-11/h2-4,6H,1,5,7-9H2. The first-order chi connectivity index (χ1) is 6.40. The third-order valence-electron chi connectivity index (χ3n) is 2.43. The summed E-state index contributed by atoms with van der Waals surface area (Å²) in [6.07, 6.45) is 4.91. The molecule has 0 aliphatic carbocycles. The lowest BCUT2D eigenvalue weighted by Crippen LogP contribution is -2.30. The van der Waals surface area contributed by atoms with Crippen LogP contribution in [-0.4, -0.2) is 23.0 Å². The normalized spacial score (nSPS) is 16.6. The SMILES string of the molecule is C=CCN1CCc2ncccc2C1. The predicted octanol–water partition coefficient (Wildman–Crippen LogP) is 1.63. The van der Waals surface area contributed by atoms with Gasteiger partial charge in [0, 0.05) is 37.9 Å². The topological polar surface area (TPSA) is 16.1 Å². The predicted molar refractivity (Wildman–Crippen MR) is 53.4 cm³/mol. The van der Waals surface area contributed by atoms with Gasteiger partial charge in [0.1, 0.15) is 0 Å². The highest BCUT2D eigenvalue weighted by Gasteiger charge is 2.14. The summed E-state index contributed by atoms with van der Waals surface area (Å²) in [4.78, 5) is 6.75. The van der Waals surface area contributed by atoms with Crippen LogP contribution in [0.15, 0.2) is 31.0 Å². The minimum Gasteiger partial charge on any atom is -0.295 e. The number of nitrogens with zero attached hydrogens (tertiary/aromatic N) is 2. The Kier molecular flexibility index (Phi) is 2.41. The van der Waals surface area contributed by atoms with Gasteiger partial charge in [-0.25, -0.2) is 0 Å². The molecule has 0 saturated carbocycles. The molecule has 0 fully saturated rings. The Morgan fingerprint density at radius 1 is 1.62 bits per heavy atom. The molecule has 0 amide bonds. The molecule has 0 N–H and O–H groups in total. The molecule has 2 nitrogen and oxygen atoms in total. The van der Waals surface area contributed by atoms with E-state index in [1.54, 1.807) is 0 Å². The van der Waals surface area contributed by atoms with Crippen molar-refractivity contribution in [3.63, 3.8) is 0 Å². The molecule has 0 radical (unpaired) electrons. The molecule has 1 aliphatic heterocycles. The maximum Gasteiger partial charge on any atom is 0.0461 e. The summed E-state index contributed by atoms with van der Waals surface area (Å²) in [6.45, 7) is 6.86. The molecule has 1 aromatic heterocycles. The van der Waals surface area contributed by atoms with Gasteiger partial charge in [0.15, 0.2) is 0 Å². The Morgan fingerprint density at radius 3 is 3.38 bits per heavy atom. The lowest BCUT2D eigenvalue weighted by atomic mass is 10.1. The van der Waals surface area contributed by atoms with Crippen LogP contribution in [-0.2, 0) is 13.0 Å². The number of hydrogen-bond acceptors (Lipinski definition) is 2. The molecule has 2 heteroatoms. The average Bonchev–Trinajstić information content (AvgIpc) is 2.18. The second-order valence-electron chi connectivity index (χ2n) is 3.38. The molecule has 0 unspecified atom stereocenters. The summed E-state index contributed by atoms with van der Waals surface area (Å²) < 4.78 is 0. The Bertz CT molecular complexity index is 307. The van der Waals surface area contributed by atoms with Crippen molar-refractivity contribution in [2.75, 3.05) is 13.1 Å². The van der Waals surface area contributed by atoms with Crippen molar-refractivity contribution >= 4 is 0 Å². The van der Waals surface area contributed by atoms with E-state index in [9.17, 15) is 0 Å². The van der Waals surface area contributed by atoms with Gasteiger partial charge in [-0.15, -0.1) is 6.58 Å². The van der Waals surface area contributed by atoms with Gasteiger partial charge in [0.2, 0.25) is 0 Å². The Morgan fingerprint density at radius 2 is 2.54 bits per heavy atom. The minimum atomic E-state index is 0.980. The highest BCUT2D eigenvalue weighted by molar-refractivity contribution is 5.22. The van der Waals surface area contributed by atoms with E-state index < -0.39 is 0 Å². The van der Waals surface area contributed by atoms with Gasteiger partial charge in [-0.2, -0.15) is 0 Å². The lowest BCUT2D eigenvalue weighted by Gasteiger charge is -2.26. The first kappa shape index (κ1) is 8.45. The first-order valence-corrected chi connectivity index (χ1v) is 4.66. The smallest absolute Gasteiger partial charge is 0.0461 e. The second kappa shape index (κ2) is 3.71. The number of fused-ring (bicyclic) bond motifs is 1. The highest BCUT2D eigenvalue weighted by atomic mass is 15.1. The summed E-state index contributed by atoms with van der Waals surface area (Å²) in [5, 5.41) is 0. The van der Waals surface area contributed by atoms with Crippen molar-refractivity contribution in [3.8, 4) is 0 Å². The van der Waals surface area contributed by atoms with Crippen molar-refractivity contribution in [1.29, 1.82) is 0 Å². The molecule has 0 atom stereocenters. The second-order valence-corrected chi connectivity index (χ2v) is 3.38. The van der Waals surface area contributed by atoms with Crippen molar-refractivity contribution in [1.82, 2.24) is 9.88 Å². The van der Waals surface area contributed by atoms with Crippen LogP contribution in [0.5, 0.6) is 0 Å². The quantitative estimate of drug-likeness (QED) is 0.633. The Balaban J connectivity index is 2.15. The van der Waals surface area contributed by atoms with E-state index in [-0.39, 0.29) is 0 Å². The van der Waals surface area contributed by atoms with Crippen molar-refractivity contribution in [2.45, 2.75) is 13.0 Å². The lowest BCUT2D eigenvalue weighted by molar-refractivity contribution is 0.279. The average molecular weight is 174 g/mol. The van der Waals surface area contributed by atoms with E-state index in [4.69, 9.17) is 0 Å². The van der Waals surface area contributed by atoms with Crippen LogP contribution in [0.4, 0.5) is 0 Å². The molecule has 2 heterocycles. The van der Waals surface area contributed by atoms with Crippen molar-refractivity contribution in [2.24, 2.45) is 0 Å². The largest absolute Gasteiger partial charge is 0.295 e. The summed E-state index contributed by atoms with van der Waals surface area (Å²) in [5.41, 5.74) is 2.64. The number of hydrogen-bond donors (Lipinski definition) is 0. The summed E-state index contributed by atoms with van der Waals surface area (Å²) in [6, 6.07) is 4.17. The van der Waals surface area contributed by atoms with E-state index in [2.05, 4.69) is 22.5 Å². The molecule has 2 rings (SSSR count). The van der Waals surface area contributed by atoms with Crippen LogP contribution in [0.1, 0.15) is 11.3 Å². The Labute approximate surface area is 78.9 Å². The van der Waals surface area contributed by atoms with Crippen LogP contribution in [0, 0.1) is 0 Å². The molecule has 68 valence electrons. The third kappa shape index (κ3) is 1.78. The van der Waals surface area contributed by atoms with E-state index in [1.165, 1.54) is 11.3 Å². The van der Waals surface area contributed by atoms with Gasteiger partial charge in [-0.3, -0.25) is 9.88 Å². The van der Waals surface area contributed by atoms with Crippen LogP contribution < -0.4 is 0 Å². The van der Waals surface area contributed by atoms with E-state index in [0.717, 1.165) is 26.1 Å². The number of rotatable bonds is 2. The zero-order valence-electron chi connectivity index (χ0n) is 7.74.